The van der Waals surface area contributed by atoms with Gasteiger partial charge in [-0.25, -0.2) is 4.39 Å². The highest BCUT2D eigenvalue weighted by atomic mass is 32.2. The summed E-state index contributed by atoms with van der Waals surface area (Å²) in [5.74, 6) is 0.167. The number of nitrogens with one attached hydrogen (secondary N) is 1. The van der Waals surface area contributed by atoms with Gasteiger partial charge in [-0.05, 0) is 42.3 Å². The largest absolute Gasteiger partial charge is 0.342 e. The van der Waals surface area contributed by atoms with E-state index in [9.17, 15) is 14.0 Å². The van der Waals surface area contributed by atoms with Crippen molar-refractivity contribution in [2.24, 2.45) is 13.0 Å². The highest BCUT2D eigenvalue weighted by molar-refractivity contribution is 7.99. The van der Waals surface area contributed by atoms with Crippen LogP contribution in [0.25, 0.3) is 0 Å². The van der Waals surface area contributed by atoms with Crippen LogP contribution in [0.15, 0.2) is 59.8 Å². The second kappa shape index (κ2) is 9.67. The highest BCUT2D eigenvalue weighted by Gasteiger charge is 2.25. The van der Waals surface area contributed by atoms with Crippen molar-refractivity contribution in [3.63, 3.8) is 0 Å². The van der Waals surface area contributed by atoms with Crippen LogP contribution in [0.3, 0.4) is 0 Å². The molecule has 1 atom stereocenters. The van der Waals surface area contributed by atoms with Gasteiger partial charge in [-0.15, -0.1) is 10.2 Å². The van der Waals surface area contributed by atoms with Gasteiger partial charge in [0.1, 0.15) is 5.82 Å². The van der Waals surface area contributed by atoms with Crippen LogP contribution in [-0.4, -0.2) is 32.2 Å². The minimum absolute atomic E-state index is 0.0826. The normalized spacial score (nSPS) is 12.0. The van der Waals surface area contributed by atoms with Gasteiger partial charge < -0.3 is 9.88 Å². The van der Waals surface area contributed by atoms with E-state index in [0.717, 1.165) is 0 Å². The number of benzene rings is 2. The molecule has 0 aliphatic heterocycles. The molecule has 2 aromatic carbocycles. The number of carbonyl (C=O) groups excluding carboxylic acids is 2. The lowest BCUT2D eigenvalue weighted by Crippen LogP contribution is -2.33. The van der Waals surface area contributed by atoms with E-state index in [-0.39, 0.29) is 35.2 Å². The standard InChI is InChI=1S/C22H23FN4O2S/c1-14(2)19(24-21(29)16-7-5-4-6-8-16)20-25-26-22(27(20)3)30-13-18(28)15-9-11-17(23)12-10-15/h4-12,14,19H,13H2,1-3H3,(H,24,29)/t19-/m1/s1. The predicted molar refractivity (Wildman–Crippen MR) is 114 cm³/mol. The zero-order chi connectivity index (χ0) is 21.7. The molecule has 0 radical (unpaired) electrons. The average molecular weight is 427 g/mol. The molecule has 6 nitrogen and oxygen atoms in total. The Balaban J connectivity index is 1.70. The summed E-state index contributed by atoms with van der Waals surface area (Å²) < 4.78 is 14.8. The van der Waals surface area contributed by atoms with Crippen LogP contribution in [0.4, 0.5) is 4.39 Å². The van der Waals surface area contributed by atoms with Crippen LogP contribution in [0.2, 0.25) is 0 Å². The molecule has 3 rings (SSSR count). The molecule has 0 saturated heterocycles. The van der Waals surface area contributed by atoms with Crippen molar-refractivity contribution < 1.29 is 14.0 Å². The van der Waals surface area contributed by atoms with Crippen molar-refractivity contribution in [3.05, 3.63) is 77.4 Å². The van der Waals surface area contributed by atoms with Crippen LogP contribution in [0.5, 0.6) is 0 Å². The first-order chi connectivity index (χ1) is 14.4. The van der Waals surface area contributed by atoms with Gasteiger partial charge in [0.15, 0.2) is 16.8 Å². The molecule has 0 fully saturated rings. The van der Waals surface area contributed by atoms with E-state index in [4.69, 9.17) is 0 Å². The van der Waals surface area contributed by atoms with Gasteiger partial charge in [0.2, 0.25) is 0 Å². The SMILES string of the molecule is CC(C)[C@@H](NC(=O)c1ccccc1)c1nnc(SCC(=O)c2ccc(F)cc2)n1C. The van der Waals surface area contributed by atoms with Gasteiger partial charge in [0.05, 0.1) is 11.8 Å². The molecule has 0 aliphatic rings. The Bertz CT molecular complexity index is 1020. The molecule has 0 saturated carbocycles. The molecule has 3 aromatic rings. The number of halogens is 1. The van der Waals surface area contributed by atoms with Crippen molar-refractivity contribution in [3.8, 4) is 0 Å². The molecular weight excluding hydrogens is 403 g/mol. The van der Waals surface area contributed by atoms with Crippen molar-refractivity contribution in [1.29, 1.82) is 0 Å². The van der Waals surface area contributed by atoms with Crippen LogP contribution >= 0.6 is 11.8 Å². The number of hydrogen-bond donors (Lipinski definition) is 1. The first-order valence-electron chi connectivity index (χ1n) is 9.53. The van der Waals surface area contributed by atoms with Crippen LogP contribution in [-0.2, 0) is 7.05 Å². The van der Waals surface area contributed by atoms with E-state index in [0.29, 0.717) is 22.1 Å². The smallest absolute Gasteiger partial charge is 0.251 e. The van der Waals surface area contributed by atoms with Crippen LogP contribution in [0.1, 0.15) is 46.4 Å². The summed E-state index contributed by atoms with van der Waals surface area (Å²) in [4.78, 5) is 24.9. The maximum Gasteiger partial charge on any atom is 0.251 e. The number of thioether (sulfide) groups is 1. The van der Waals surface area contributed by atoms with Gasteiger partial charge in [-0.3, -0.25) is 9.59 Å². The number of Topliss-reactive ketones (excluding diaryl/α,β-unsaturated/α-hetero) is 1. The van der Waals surface area contributed by atoms with Crippen molar-refractivity contribution in [2.45, 2.75) is 25.0 Å². The van der Waals surface area contributed by atoms with Gasteiger partial charge >= 0.3 is 0 Å². The van der Waals surface area contributed by atoms with Crippen molar-refractivity contribution in [1.82, 2.24) is 20.1 Å². The summed E-state index contributed by atoms with van der Waals surface area (Å²) in [7, 11) is 1.81. The Labute approximate surface area is 178 Å². The van der Waals surface area contributed by atoms with E-state index in [1.165, 1.54) is 36.0 Å². The molecule has 1 amide bonds. The highest BCUT2D eigenvalue weighted by Crippen LogP contribution is 2.25. The minimum atomic E-state index is -0.380. The Morgan fingerprint density at radius 1 is 1.03 bits per heavy atom. The summed E-state index contributed by atoms with van der Waals surface area (Å²) in [6.07, 6.45) is 0. The average Bonchev–Trinajstić information content (AvgIpc) is 3.11. The Morgan fingerprint density at radius 3 is 2.33 bits per heavy atom. The maximum atomic E-state index is 13.0. The number of aromatic nitrogens is 3. The van der Waals surface area contributed by atoms with Crippen LogP contribution in [0, 0.1) is 11.7 Å². The lowest BCUT2D eigenvalue weighted by molar-refractivity contribution is 0.0921. The van der Waals surface area contributed by atoms with E-state index < -0.39 is 0 Å². The summed E-state index contributed by atoms with van der Waals surface area (Å²) in [5.41, 5.74) is 1.02. The number of carbonyl (C=O) groups is 2. The zero-order valence-corrected chi connectivity index (χ0v) is 17.8. The predicted octanol–water partition coefficient (Wildman–Crippen LogP) is 4.06. The molecule has 0 aliphatic carbocycles. The Morgan fingerprint density at radius 2 is 1.70 bits per heavy atom. The number of amides is 1. The summed E-state index contributed by atoms with van der Waals surface area (Å²) in [6.45, 7) is 3.99. The fourth-order valence-corrected chi connectivity index (χ4v) is 3.73. The zero-order valence-electron chi connectivity index (χ0n) is 17.0. The number of rotatable bonds is 8. The molecule has 1 aromatic heterocycles. The fourth-order valence-electron chi connectivity index (χ4n) is 2.92. The molecule has 30 heavy (non-hydrogen) atoms. The molecule has 0 unspecified atom stereocenters. The number of ketones is 1. The molecule has 0 spiro atoms. The van der Waals surface area contributed by atoms with Crippen molar-refractivity contribution >= 4 is 23.5 Å². The monoisotopic (exact) mass is 426 g/mol. The van der Waals surface area contributed by atoms with Gasteiger partial charge in [0, 0.05) is 18.2 Å². The lowest BCUT2D eigenvalue weighted by atomic mass is 10.0. The third kappa shape index (κ3) is 5.13. The molecule has 0 bridgehead atoms. The molecule has 156 valence electrons. The number of hydrogen-bond acceptors (Lipinski definition) is 5. The summed E-state index contributed by atoms with van der Waals surface area (Å²) in [5, 5.41) is 12.0. The second-order valence-electron chi connectivity index (χ2n) is 7.18. The first kappa shape index (κ1) is 21.7. The van der Waals surface area contributed by atoms with E-state index in [1.807, 2.05) is 39.1 Å². The molecule has 1 N–H and O–H groups in total. The Hall–Kier alpha value is -3.00. The van der Waals surface area contributed by atoms with E-state index in [1.54, 1.807) is 16.7 Å². The topological polar surface area (TPSA) is 76.9 Å². The maximum absolute atomic E-state index is 13.0. The molecule has 8 heteroatoms. The third-order valence-electron chi connectivity index (χ3n) is 4.63. The van der Waals surface area contributed by atoms with Gasteiger partial charge in [0.25, 0.3) is 5.91 Å². The second-order valence-corrected chi connectivity index (χ2v) is 8.12. The third-order valence-corrected chi connectivity index (χ3v) is 5.65. The summed E-state index contributed by atoms with van der Waals surface area (Å²) in [6, 6.07) is 14.1. The van der Waals surface area contributed by atoms with E-state index >= 15 is 0 Å². The van der Waals surface area contributed by atoms with Crippen molar-refractivity contribution in [2.75, 3.05) is 5.75 Å². The first-order valence-corrected chi connectivity index (χ1v) is 10.5. The lowest BCUT2D eigenvalue weighted by Gasteiger charge is -2.21. The van der Waals surface area contributed by atoms with Crippen LogP contribution < -0.4 is 5.32 Å². The minimum Gasteiger partial charge on any atom is -0.342 e. The molecule has 1 heterocycles. The quantitative estimate of drug-likeness (QED) is 0.434. The summed E-state index contributed by atoms with van der Waals surface area (Å²) >= 11 is 1.25. The fraction of sp³-hybridized carbons (Fsp3) is 0.273. The van der Waals surface area contributed by atoms with Gasteiger partial charge in [-0.1, -0.05) is 43.8 Å². The van der Waals surface area contributed by atoms with E-state index in [2.05, 4.69) is 15.5 Å². The molecular formula is C22H23FN4O2S. The Kier molecular flexibility index (Phi) is 6.99. The number of nitrogens with zero attached hydrogens (tertiary/aromatic N) is 3. The van der Waals surface area contributed by atoms with Gasteiger partial charge in [-0.2, -0.15) is 0 Å².